The lowest BCUT2D eigenvalue weighted by molar-refractivity contribution is -0.543. The Kier molecular flexibility index (Phi) is 12.7. The Bertz CT molecular complexity index is 2130. The molecule has 0 atom stereocenters. The molecule has 2 N–H and O–H groups in total. The summed E-state index contributed by atoms with van der Waals surface area (Å²) in [6, 6.07) is 30.4. The summed E-state index contributed by atoms with van der Waals surface area (Å²) < 4.78 is 68.4. The van der Waals surface area contributed by atoms with Crippen LogP contribution < -0.4 is 9.80 Å². The molecule has 9 nitrogen and oxygen atoms in total. The molecule has 1 aliphatic rings. The molecule has 1 fully saturated rings. The van der Waals surface area contributed by atoms with Crippen molar-refractivity contribution in [3.63, 3.8) is 0 Å². The fraction of sp³-hybridized carbons (Fsp3) is 0.341. The first-order valence-electron chi connectivity index (χ1n) is 18.0. The zero-order chi connectivity index (χ0) is 37.5. The van der Waals surface area contributed by atoms with E-state index in [0.29, 0.717) is 19.6 Å². The summed E-state index contributed by atoms with van der Waals surface area (Å²) >= 11 is 0. The van der Waals surface area contributed by atoms with Gasteiger partial charge in [-0.15, -0.1) is 0 Å². The molecule has 0 spiro atoms. The molecule has 0 bridgehead atoms. The molecule has 276 valence electrons. The van der Waals surface area contributed by atoms with Gasteiger partial charge in [0.1, 0.15) is 6.54 Å². The van der Waals surface area contributed by atoms with Crippen molar-refractivity contribution in [3.8, 4) is 0 Å². The van der Waals surface area contributed by atoms with Crippen molar-refractivity contribution >= 4 is 42.9 Å². The number of nitrogens with zero attached hydrogens (tertiary/aromatic N) is 3. The zero-order valence-corrected chi connectivity index (χ0v) is 32.1. The second kappa shape index (κ2) is 17.0. The molecule has 0 aromatic heterocycles. The SMILES string of the molecule is CCN(CC)c1ccc(C(=C2CCC(=[N+](CC)Cc3cccc(S(=O)(=O)O)c3)CC2)c2ccc(N(CC)Cc3cccc(S(=O)(=O)O)c3)cc2)cc1. The maximum absolute atomic E-state index is 11.7. The summed E-state index contributed by atoms with van der Waals surface area (Å²) in [7, 11) is -8.55. The number of hydrogen-bond donors (Lipinski definition) is 2. The zero-order valence-electron chi connectivity index (χ0n) is 30.5. The van der Waals surface area contributed by atoms with Gasteiger partial charge in [-0.05, 0) is 111 Å². The predicted octanol–water partition coefficient (Wildman–Crippen LogP) is 8.10. The average Bonchev–Trinajstić information content (AvgIpc) is 3.14. The van der Waals surface area contributed by atoms with Crippen molar-refractivity contribution in [2.75, 3.05) is 36.0 Å². The van der Waals surface area contributed by atoms with Gasteiger partial charge in [0.05, 0.1) is 9.79 Å². The largest absolute Gasteiger partial charge is 0.372 e. The van der Waals surface area contributed by atoms with E-state index in [1.807, 2.05) is 12.1 Å². The second-order valence-corrected chi connectivity index (χ2v) is 15.9. The number of rotatable bonds is 14. The fourth-order valence-electron chi connectivity index (χ4n) is 7.13. The molecular weight excluding hydrogens is 695 g/mol. The third-order valence-electron chi connectivity index (χ3n) is 9.94. The standard InChI is InChI=1S/C41H49N3O6S2/c1-5-42(6-2)36-21-15-33(16-22-36)41(34-17-23-37(24-18-34)43(7-3)29-31-11-9-13-39(27-31)51(45,46)47)35-19-25-38(26-20-35)44(8-4)30-32-12-10-14-40(28-32)52(48,49)50/h9-18,21-24,27-28H,5-8,19-20,25-26,29-30H2,1-4H3,(H-,45,46,47,48,49,50)/p+1. The van der Waals surface area contributed by atoms with Crippen molar-refractivity contribution in [2.24, 2.45) is 0 Å². The summed E-state index contributed by atoms with van der Waals surface area (Å²) in [4.78, 5) is 4.31. The van der Waals surface area contributed by atoms with E-state index in [1.165, 1.54) is 46.3 Å². The van der Waals surface area contributed by atoms with Gasteiger partial charge in [0.2, 0.25) is 0 Å². The molecule has 1 saturated carbocycles. The monoisotopic (exact) mass is 744 g/mol. The first-order chi connectivity index (χ1) is 24.8. The van der Waals surface area contributed by atoms with Crippen LogP contribution in [0.1, 0.15) is 75.6 Å². The highest BCUT2D eigenvalue weighted by Gasteiger charge is 2.24. The minimum atomic E-state index is -4.29. The van der Waals surface area contributed by atoms with E-state index in [4.69, 9.17) is 0 Å². The summed E-state index contributed by atoms with van der Waals surface area (Å²) in [5.41, 5.74) is 10.1. The van der Waals surface area contributed by atoms with Gasteiger partial charge in [-0.1, -0.05) is 54.1 Å². The van der Waals surface area contributed by atoms with Crippen LogP contribution in [0.2, 0.25) is 0 Å². The van der Waals surface area contributed by atoms with Crippen LogP contribution in [0.15, 0.2) is 112 Å². The van der Waals surface area contributed by atoms with Crippen molar-refractivity contribution in [2.45, 2.75) is 76.3 Å². The molecule has 52 heavy (non-hydrogen) atoms. The lowest BCUT2D eigenvalue weighted by Crippen LogP contribution is -2.24. The summed E-state index contributed by atoms with van der Waals surface area (Å²) in [5, 5.41) is 0. The molecule has 1 aliphatic carbocycles. The van der Waals surface area contributed by atoms with Gasteiger partial charge in [0, 0.05) is 56.0 Å². The highest BCUT2D eigenvalue weighted by molar-refractivity contribution is 7.86. The van der Waals surface area contributed by atoms with Gasteiger partial charge in [-0.25, -0.2) is 4.58 Å². The van der Waals surface area contributed by atoms with E-state index < -0.39 is 20.2 Å². The number of benzene rings is 4. The average molecular weight is 745 g/mol. The van der Waals surface area contributed by atoms with Crippen LogP contribution in [0.3, 0.4) is 0 Å². The summed E-state index contributed by atoms with van der Waals surface area (Å²) in [5.74, 6) is 0. The Balaban J connectivity index is 1.45. The van der Waals surface area contributed by atoms with E-state index in [9.17, 15) is 25.9 Å². The Morgan fingerprint density at radius 3 is 1.54 bits per heavy atom. The molecule has 4 aromatic carbocycles. The van der Waals surface area contributed by atoms with E-state index in [-0.39, 0.29) is 9.79 Å². The van der Waals surface area contributed by atoms with Gasteiger partial charge in [0.25, 0.3) is 20.2 Å². The van der Waals surface area contributed by atoms with E-state index in [2.05, 4.69) is 90.6 Å². The van der Waals surface area contributed by atoms with Crippen molar-refractivity contribution in [1.82, 2.24) is 0 Å². The molecule has 11 heteroatoms. The molecule has 0 radical (unpaired) electrons. The van der Waals surface area contributed by atoms with Gasteiger partial charge in [-0.3, -0.25) is 9.11 Å². The lowest BCUT2D eigenvalue weighted by atomic mass is 9.84. The lowest BCUT2D eigenvalue weighted by Gasteiger charge is -2.25. The molecule has 0 unspecified atom stereocenters. The van der Waals surface area contributed by atoms with Crippen LogP contribution in [0, 0.1) is 0 Å². The highest BCUT2D eigenvalue weighted by atomic mass is 32.2. The predicted molar refractivity (Wildman–Crippen MR) is 210 cm³/mol. The van der Waals surface area contributed by atoms with E-state index in [1.54, 1.807) is 18.2 Å². The first-order valence-corrected chi connectivity index (χ1v) is 20.9. The quantitative estimate of drug-likeness (QED) is 0.0983. The van der Waals surface area contributed by atoms with Crippen molar-refractivity contribution in [1.29, 1.82) is 0 Å². The third-order valence-corrected chi connectivity index (χ3v) is 11.6. The Morgan fingerprint density at radius 1 is 0.615 bits per heavy atom. The topological polar surface area (TPSA) is 118 Å². The van der Waals surface area contributed by atoms with Gasteiger partial charge in [0.15, 0.2) is 12.3 Å². The molecule has 0 amide bonds. The Hall–Kier alpha value is -4.29. The van der Waals surface area contributed by atoms with Crippen LogP contribution in [0.4, 0.5) is 11.4 Å². The Labute approximate surface area is 309 Å². The summed E-state index contributed by atoms with van der Waals surface area (Å²) in [6.07, 6.45) is 3.59. The molecule has 5 rings (SSSR count). The van der Waals surface area contributed by atoms with Crippen molar-refractivity contribution < 1.29 is 30.5 Å². The summed E-state index contributed by atoms with van der Waals surface area (Å²) in [6.45, 7) is 12.9. The molecule has 0 saturated heterocycles. The normalized spacial score (nSPS) is 13.6. The number of allylic oxidation sites excluding steroid dienone is 1. The minimum Gasteiger partial charge on any atom is -0.372 e. The van der Waals surface area contributed by atoms with Crippen LogP contribution in [0.25, 0.3) is 5.57 Å². The Morgan fingerprint density at radius 2 is 1.08 bits per heavy atom. The molecule has 0 heterocycles. The molecule has 0 aliphatic heterocycles. The first kappa shape index (κ1) is 38.9. The van der Waals surface area contributed by atoms with Gasteiger partial charge in [-0.2, -0.15) is 16.8 Å². The molecule has 4 aromatic rings. The maximum atomic E-state index is 11.7. The van der Waals surface area contributed by atoms with Gasteiger partial charge < -0.3 is 9.80 Å². The van der Waals surface area contributed by atoms with Crippen molar-refractivity contribution in [3.05, 3.63) is 125 Å². The second-order valence-electron chi connectivity index (χ2n) is 13.1. The highest BCUT2D eigenvalue weighted by Crippen LogP contribution is 2.36. The van der Waals surface area contributed by atoms with Gasteiger partial charge >= 0.3 is 0 Å². The molecular formula is C41H50N3O6S2+. The van der Waals surface area contributed by atoms with E-state index >= 15 is 0 Å². The fourth-order valence-corrected chi connectivity index (χ4v) is 8.23. The maximum Gasteiger partial charge on any atom is 0.294 e. The van der Waals surface area contributed by atoms with E-state index in [0.717, 1.165) is 67.7 Å². The smallest absolute Gasteiger partial charge is 0.294 e. The number of hydrogen-bond acceptors (Lipinski definition) is 6. The van der Waals surface area contributed by atoms with Crippen LogP contribution >= 0.6 is 0 Å². The minimum absolute atomic E-state index is 0.0870. The van der Waals surface area contributed by atoms with Crippen LogP contribution in [0.5, 0.6) is 0 Å². The third kappa shape index (κ3) is 9.57. The number of anilines is 2. The van der Waals surface area contributed by atoms with Crippen LogP contribution in [-0.4, -0.2) is 62.4 Å². The van der Waals surface area contributed by atoms with Crippen LogP contribution in [-0.2, 0) is 33.3 Å².